The molecular formula is C17H13Cl. The first-order valence-corrected chi connectivity index (χ1v) is 6.07. The van der Waals surface area contributed by atoms with Gasteiger partial charge in [0.2, 0.25) is 0 Å². The fraction of sp³-hybridized carbons (Fsp3) is 0.0588. The highest BCUT2D eigenvalue weighted by Crippen LogP contribution is 2.21. The third-order valence-corrected chi connectivity index (χ3v) is 2.79. The highest BCUT2D eigenvalue weighted by molar-refractivity contribution is 6.30. The van der Waals surface area contributed by atoms with Crippen LogP contribution in [0.15, 0.2) is 55.1 Å². The van der Waals surface area contributed by atoms with Crippen LogP contribution >= 0.6 is 11.6 Å². The van der Waals surface area contributed by atoms with Gasteiger partial charge in [-0.05, 0) is 48.4 Å². The van der Waals surface area contributed by atoms with E-state index < -0.39 is 0 Å². The smallest absolute Gasteiger partial charge is 0.0412 e. The molecule has 0 nitrogen and oxygen atoms in total. The Morgan fingerprint density at radius 2 is 1.78 bits per heavy atom. The number of hydrogen-bond acceptors (Lipinski definition) is 0. The lowest BCUT2D eigenvalue weighted by atomic mass is 10.0. The Labute approximate surface area is 113 Å². The molecule has 0 radical (unpaired) electrons. The largest absolute Gasteiger partial charge is 0.0955 e. The molecule has 0 unspecified atom stereocenters. The van der Waals surface area contributed by atoms with Gasteiger partial charge in [-0.3, -0.25) is 0 Å². The number of rotatable bonds is 1. The predicted octanol–water partition coefficient (Wildman–Crippen LogP) is 4.77. The molecule has 88 valence electrons. The zero-order valence-electron chi connectivity index (χ0n) is 10.2. The van der Waals surface area contributed by atoms with Crippen molar-refractivity contribution in [3.63, 3.8) is 0 Å². The zero-order chi connectivity index (χ0) is 13.0. The average molecular weight is 253 g/mol. The minimum Gasteiger partial charge on any atom is -0.0955 e. The average Bonchev–Trinajstić information content (AvgIpc) is 2.38. The summed E-state index contributed by atoms with van der Waals surface area (Å²) >= 11 is 5.99. The minimum absolute atomic E-state index is 0.707. The molecule has 18 heavy (non-hydrogen) atoms. The summed E-state index contributed by atoms with van der Waals surface area (Å²) in [5, 5.41) is 0.707. The minimum atomic E-state index is 0.707. The Bertz CT molecular complexity index is 628. The van der Waals surface area contributed by atoms with E-state index in [1.807, 2.05) is 55.5 Å². The number of benzene rings is 2. The summed E-state index contributed by atoms with van der Waals surface area (Å²) < 4.78 is 0. The van der Waals surface area contributed by atoms with Crippen LogP contribution in [0.5, 0.6) is 0 Å². The van der Waals surface area contributed by atoms with Gasteiger partial charge in [-0.2, -0.15) is 0 Å². The summed E-state index contributed by atoms with van der Waals surface area (Å²) in [5.74, 6) is 6.31. The Morgan fingerprint density at radius 1 is 1.06 bits per heavy atom. The first-order chi connectivity index (χ1) is 8.66. The van der Waals surface area contributed by atoms with E-state index in [9.17, 15) is 0 Å². The van der Waals surface area contributed by atoms with Crippen molar-refractivity contribution < 1.29 is 0 Å². The lowest BCUT2D eigenvalue weighted by Crippen LogP contribution is -1.86. The maximum atomic E-state index is 5.99. The van der Waals surface area contributed by atoms with Crippen molar-refractivity contribution in [1.29, 1.82) is 0 Å². The summed E-state index contributed by atoms with van der Waals surface area (Å²) in [4.78, 5) is 0. The van der Waals surface area contributed by atoms with E-state index >= 15 is 0 Å². The second-order valence-electron chi connectivity index (χ2n) is 4.09. The molecule has 0 saturated heterocycles. The van der Waals surface area contributed by atoms with Crippen molar-refractivity contribution in [2.45, 2.75) is 6.92 Å². The fourth-order valence-corrected chi connectivity index (χ4v) is 1.81. The summed E-state index contributed by atoms with van der Waals surface area (Å²) in [6, 6.07) is 15.6. The molecule has 2 rings (SSSR count). The predicted molar refractivity (Wildman–Crippen MR) is 78.6 cm³/mol. The lowest BCUT2D eigenvalue weighted by Gasteiger charge is -2.04. The van der Waals surface area contributed by atoms with Crippen LogP contribution in [0.3, 0.4) is 0 Å². The molecule has 0 aliphatic heterocycles. The lowest BCUT2D eigenvalue weighted by molar-refractivity contribution is 1.53. The van der Waals surface area contributed by atoms with Crippen molar-refractivity contribution in [3.05, 3.63) is 76.8 Å². The maximum absolute atomic E-state index is 5.99. The van der Waals surface area contributed by atoms with Crippen LogP contribution < -0.4 is 0 Å². The molecule has 0 atom stereocenters. The van der Waals surface area contributed by atoms with E-state index in [4.69, 9.17) is 11.6 Å². The van der Waals surface area contributed by atoms with E-state index in [0.29, 0.717) is 5.02 Å². The van der Waals surface area contributed by atoms with E-state index in [1.165, 1.54) is 0 Å². The normalized spacial score (nSPS) is 9.44. The molecule has 0 aliphatic carbocycles. The molecular weight excluding hydrogens is 240 g/mol. The van der Waals surface area contributed by atoms with Gasteiger partial charge < -0.3 is 0 Å². The van der Waals surface area contributed by atoms with Crippen LogP contribution in [0.2, 0.25) is 5.02 Å². The zero-order valence-corrected chi connectivity index (χ0v) is 11.0. The van der Waals surface area contributed by atoms with Crippen LogP contribution in [0.1, 0.15) is 23.6 Å². The standard InChI is InChI=1S/C17H13Cl/c1-13(2)17-12-16(18)11-10-15(17)9-8-14-6-4-3-5-7-14/h3-7,10-12H,1H2,2H3. The molecule has 0 fully saturated rings. The van der Waals surface area contributed by atoms with Gasteiger partial charge in [-0.15, -0.1) is 0 Å². The Hall–Kier alpha value is -1.97. The Morgan fingerprint density at radius 3 is 2.44 bits per heavy atom. The van der Waals surface area contributed by atoms with Crippen molar-refractivity contribution in [2.24, 2.45) is 0 Å². The molecule has 1 heteroatoms. The van der Waals surface area contributed by atoms with Crippen molar-refractivity contribution in [1.82, 2.24) is 0 Å². The molecule has 0 N–H and O–H groups in total. The number of allylic oxidation sites excluding steroid dienone is 1. The van der Waals surface area contributed by atoms with Gasteiger partial charge in [0.05, 0.1) is 0 Å². The van der Waals surface area contributed by atoms with Crippen LogP contribution in [0, 0.1) is 11.8 Å². The molecule has 0 heterocycles. The van der Waals surface area contributed by atoms with Crippen molar-refractivity contribution in [3.8, 4) is 11.8 Å². The second kappa shape index (κ2) is 5.58. The third-order valence-electron chi connectivity index (χ3n) is 2.56. The molecule has 0 aliphatic rings. The summed E-state index contributed by atoms with van der Waals surface area (Å²) in [7, 11) is 0. The molecule has 0 aromatic heterocycles. The topological polar surface area (TPSA) is 0 Å². The Kier molecular flexibility index (Phi) is 3.87. The van der Waals surface area contributed by atoms with Crippen LogP contribution in [0.25, 0.3) is 5.57 Å². The second-order valence-corrected chi connectivity index (χ2v) is 4.52. The summed E-state index contributed by atoms with van der Waals surface area (Å²) in [5.41, 5.74) is 3.93. The van der Waals surface area contributed by atoms with Crippen molar-refractivity contribution in [2.75, 3.05) is 0 Å². The number of halogens is 1. The van der Waals surface area contributed by atoms with Crippen molar-refractivity contribution >= 4 is 17.2 Å². The van der Waals surface area contributed by atoms with Gasteiger partial charge >= 0.3 is 0 Å². The van der Waals surface area contributed by atoms with Gasteiger partial charge in [-0.1, -0.05) is 48.2 Å². The van der Waals surface area contributed by atoms with Crippen LogP contribution in [-0.4, -0.2) is 0 Å². The molecule has 0 bridgehead atoms. The number of hydrogen-bond donors (Lipinski definition) is 0. The van der Waals surface area contributed by atoms with Gasteiger partial charge in [0, 0.05) is 16.1 Å². The fourth-order valence-electron chi connectivity index (χ4n) is 1.64. The van der Waals surface area contributed by atoms with Gasteiger partial charge in [0.15, 0.2) is 0 Å². The van der Waals surface area contributed by atoms with Gasteiger partial charge in [0.25, 0.3) is 0 Å². The molecule has 2 aromatic rings. The van der Waals surface area contributed by atoms with Crippen LogP contribution in [0.4, 0.5) is 0 Å². The summed E-state index contributed by atoms with van der Waals surface area (Å²) in [6.45, 7) is 5.91. The third kappa shape index (κ3) is 3.03. The molecule has 0 saturated carbocycles. The first-order valence-electron chi connectivity index (χ1n) is 5.69. The highest BCUT2D eigenvalue weighted by Gasteiger charge is 2.01. The van der Waals surface area contributed by atoms with E-state index in [-0.39, 0.29) is 0 Å². The Balaban J connectivity index is 2.41. The van der Waals surface area contributed by atoms with Crippen LogP contribution in [-0.2, 0) is 0 Å². The SMILES string of the molecule is C=C(C)c1cc(Cl)ccc1C#Cc1ccccc1. The monoisotopic (exact) mass is 252 g/mol. The quantitative estimate of drug-likeness (QED) is 0.641. The van der Waals surface area contributed by atoms with Gasteiger partial charge in [-0.25, -0.2) is 0 Å². The summed E-state index contributed by atoms with van der Waals surface area (Å²) in [6.07, 6.45) is 0. The highest BCUT2D eigenvalue weighted by atomic mass is 35.5. The van der Waals surface area contributed by atoms with E-state index in [1.54, 1.807) is 0 Å². The van der Waals surface area contributed by atoms with E-state index in [0.717, 1.165) is 22.3 Å². The maximum Gasteiger partial charge on any atom is 0.0412 e. The molecule has 2 aromatic carbocycles. The van der Waals surface area contributed by atoms with E-state index in [2.05, 4.69) is 18.4 Å². The molecule has 0 spiro atoms. The molecule has 0 amide bonds. The van der Waals surface area contributed by atoms with Gasteiger partial charge in [0.1, 0.15) is 0 Å². The first kappa shape index (κ1) is 12.5.